The zero-order valence-corrected chi connectivity index (χ0v) is 15.4. The van der Waals surface area contributed by atoms with Crippen LogP contribution in [0.15, 0.2) is 34.7 Å². The molecule has 6 heteroatoms. The van der Waals surface area contributed by atoms with E-state index in [-0.39, 0.29) is 6.04 Å². The van der Waals surface area contributed by atoms with Gasteiger partial charge in [-0.25, -0.2) is 0 Å². The number of nitrogens with two attached hydrogens (primary N) is 1. The fourth-order valence-electron chi connectivity index (χ4n) is 4.17. The second kappa shape index (κ2) is 8.18. The standard InChI is InChI=1S/C20H29N5O/c21-18(15-16-7-3-1-4-8-16)19-22-23-20(26-19)25-13-9-17(10-14-25)24-11-5-2-6-12-24/h1,3-4,7-8,17-18H,2,5-6,9-15,21H2/t18-/m1/s1. The Labute approximate surface area is 155 Å². The fourth-order valence-corrected chi connectivity index (χ4v) is 4.17. The van der Waals surface area contributed by atoms with Crippen LogP contribution in [0.2, 0.25) is 0 Å². The van der Waals surface area contributed by atoms with Crippen molar-refractivity contribution in [3.8, 4) is 0 Å². The molecule has 0 unspecified atom stereocenters. The molecular weight excluding hydrogens is 326 g/mol. The van der Waals surface area contributed by atoms with E-state index in [0.29, 0.717) is 24.4 Å². The van der Waals surface area contributed by atoms with Crippen LogP contribution < -0.4 is 10.6 Å². The summed E-state index contributed by atoms with van der Waals surface area (Å²) in [4.78, 5) is 4.89. The van der Waals surface area contributed by atoms with E-state index >= 15 is 0 Å². The predicted molar refractivity (Wildman–Crippen MR) is 102 cm³/mol. The van der Waals surface area contributed by atoms with Crippen molar-refractivity contribution >= 4 is 6.01 Å². The van der Waals surface area contributed by atoms with Crippen molar-refractivity contribution in [3.05, 3.63) is 41.8 Å². The van der Waals surface area contributed by atoms with E-state index in [1.165, 1.54) is 50.8 Å². The number of piperidine rings is 2. The number of benzene rings is 1. The smallest absolute Gasteiger partial charge is 0.318 e. The Morgan fingerprint density at radius 3 is 2.46 bits per heavy atom. The Balaban J connectivity index is 1.32. The quantitative estimate of drug-likeness (QED) is 0.889. The lowest BCUT2D eigenvalue weighted by Crippen LogP contribution is -2.46. The number of nitrogens with zero attached hydrogens (tertiary/aromatic N) is 4. The number of hydrogen-bond donors (Lipinski definition) is 1. The molecule has 0 radical (unpaired) electrons. The first-order valence-electron chi connectivity index (χ1n) is 9.91. The van der Waals surface area contributed by atoms with Crippen LogP contribution in [-0.4, -0.2) is 47.3 Å². The van der Waals surface area contributed by atoms with Crippen LogP contribution >= 0.6 is 0 Å². The van der Waals surface area contributed by atoms with Gasteiger partial charge in [-0.2, -0.15) is 0 Å². The molecular formula is C20H29N5O. The molecule has 3 heterocycles. The Hall–Kier alpha value is -1.92. The van der Waals surface area contributed by atoms with Crippen LogP contribution in [0.3, 0.4) is 0 Å². The molecule has 0 amide bonds. The van der Waals surface area contributed by atoms with Crippen molar-refractivity contribution in [1.82, 2.24) is 15.1 Å². The second-order valence-corrected chi connectivity index (χ2v) is 7.53. The lowest BCUT2D eigenvalue weighted by molar-refractivity contribution is 0.140. The zero-order chi connectivity index (χ0) is 17.8. The van der Waals surface area contributed by atoms with E-state index in [1.54, 1.807) is 0 Å². The number of anilines is 1. The van der Waals surface area contributed by atoms with Crippen molar-refractivity contribution in [1.29, 1.82) is 0 Å². The first-order valence-corrected chi connectivity index (χ1v) is 9.91. The molecule has 1 aromatic heterocycles. The number of hydrogen-bond acceptors (Lipinski definition) is 6. The normalized spacial score (nSPS) is 21.0. The Bertz CT molecular complexity index is 675. The zero-order valence-electron chi connectivity index (χ0n) is 15.4. The van der Waals surface area contributed by atoms with E-state index in [0.717, 1.165) is 13.1 Å². The molecule has 2 N–H and O–H groups in total. The molecule has 26 heavy (non-hydrogen) atoms. The monoisotopic (exact) mass is 355 g/mol. The van der Waals surface area contributed by atoms with Crippen molar-refractivity contribution in [2.24, 2.45) is 5.73 Å². The highest BCUT2D eigenvalue weighted by Crippen LogP contribution is 2.25. The highest BCUT2D eigenvalue weighted by atomic mass is 16.4. The maximum absolute atomic E-state index is 6.27. The van der Waals surface area contributed by atoms with Crippen molar-refractivity contribution in [3.63, 3.8) is 0 Å². The van der Waals surface area contributed by atoms with Crippen LogP contribution in [0.25, 0.3) is 0 Å². The van der Waals surface area contributed by atoms with E-state index in [4.69, 9.17) is 10.2 Å². The van der Waals surface area contributed by atoms with E-state index < -0.39 is 0 Å². The molecule has 2 aromatic rings. The molecule has 0 saturated carbocycles. The number of aromatic nitrogens is 2. The molecule has 2 fully saturated rings. The SMILES string of the molecule is N[C@H](Cc1ccccc1)c1nnc(N2CCC(N3CCCCC3)CC2)o1. The molecule has 0 bridgehead atoms. The highest BCUT2D eigenvalue weighted by molar-refractivity contribution is 5.26. The van der Waals surface area contributed by atoms with Crippen molar-refractivity contribution in [2.45, 2.75) is 50.6 Å². The topological polar surface area (TPSA) is 71.4 Å². The first-order chi connectivity index (χ1) is 12.8. The van der Waals surface area contributed by atoms with Gasteiger partial charge in [0.25, 0.3) is 0 Å². The van der Waals surface area contributed by atoms with Gasteiger partial charge >= 0.3 is 6.01 Å². The van der Waals surface area contributed by atoms with Gasteiger partial charge in [-0.05, 0) is 50.8 Å². The Morgan fingerprint density at radius 2 is 1.73 bits per heavy atom. The van der Waals surface area contributed by atoms with Crippen molar-refractivity contribution in [2.75, 3.05) is 31.1 Å². The summed E-state index contributed by atoms with van der Waals surface area (Å²) in [7, 11) is 0. The van der Waals surface area contributed by atoms with Crippen LogP contribution in [0.5, 0.6) is 0 Å². The minimum Gasteiger partial charge on any atom is -0.406 e. The van der Waals surface area contributed by atoms with Crippen LogP contribution in [0.4, 0.5) is 6.01 Å². The minimum absolute atomic E-state index is 0.260. The van der Waals surface area contributed by atoms with Gasteiger partial charge in [0.05, 0.1) is 6.04 Å². The summed E-state index contributed by atoms with van der Waals surface area (Å²) in [6, 6.07) is 11.3. The van der Waals surface area contributed by atoms with Gasteiger partial charge in [0, 0.05) is 19.1 Å². The molecule has 2 aliphatic rings. The minimum atomic E-state index is -0.260. The summed E-state index contributed by atoms with van der Waals surface area (Å²) in [5, 5.41) is 8.46. The lowest BCUT2D eigenvalue weighted by Gasteiger charge is -2.39. The van der Waals surface area contributed by atoms with Gasteiger partial charge in [-0.15, -0.1) is 5.10 Å². The van der Waals surface area contributed by atoms with Gasteiger partial charge in [-0.3, -0.25) is 0 Å². The molecule has 6 nitrogen and oxygen atoms in total. The maximum Gasteiger partial charge on any atom is 0.318 e. The first kappa shape index (κ1) is 17.5. The highest BCUT2D eigenvalue weighted by Gasteiger charge is 2.28. The molecule has 1 atom stereocenters. The van der Waals surface area contributed by atoms with Crippen LogP contribution in [0, 0.1) is 0 Å². The number of likely N-dealkylation sites (tertiary alicyclic amines) is 1. The van der Waals surface area contributed by atoms with Crippen molar-refractivity contribution < 1.29 is 4.42 Å². The van der Waals surface area contributed by atoms with Crippen LogP contribution in [-0.2, 0) is 6.42 Å². The summed E-state index contributed by atoms with van der Waals surface area (Å²) < 4.78 is 5.90. The van der Waals surface area contributed by atoms with E-state index in [9.17, 15) is 0 Å². The third-order valence-corrected chi connectivity index (χ3v) is 5.69. The molecule has 0 aliphatic carbocycles. The average molecular weight is 355 g/mol. The summed E-state index contributed by atoms with van der Waals surface area (Å²) in [5.74, 6) is 0.530. The van der Waals surface area contributed by atoms with E-state index in [1.807, 2.05) is 18.2 Å². The summed E-state index contributed by atoms with van der Waals surface area (Å²) in [6.07, 6.45) is 7.16. The summed E-state index contributed by atoms with van der Waals surface area (Å²) >= 11 is 0. The largest absolute Gasteiger partial charge is 0.406 e. The molecule has 2 aliphatic heterocycles. The Morgan fingerprint density at radius 1 is 1.00 bits per heavy atom. The lowest BCUT2D eigenvalue weighted by atomic mass is 10.0. The molecule has 1 aromatic carbocycles. The predicted octanol–water partition coefficient (Wildman–Crippen LogP) is 2.77. The Kier molecular flexibility index (Phi) is 5.51. The van der Waals surface area contributed by atoms with Crippen LogP contribution in [0.1, 0.15) is 49.6 Å². The average Bonchev–Trinajstić information content (AvgIpc) is 3.20. The molecule has 2 saturated heterocycles. The van der Waals surface area contributed by atoms with Gasteiger partial charge in [0.1, 0.15) is 0 Å². The van der Waals surface area contributed by atoms with Gasteiger partial charge < -0.3 is 20.0 Å². The van der Waals surface area contributed by atoms with Gasteiger partial charge in [0.15, 0.2) is 0 Å². The third kappa shape index (κ3) is 4.07. The van der Waals surface area contributed by atoms with Gasteiger partial charge in [0.2, 0.25) is 5.89 Å². The molecule has 0 spiro atoms. The molecule has 4 rings (SSSR count). The number of rotatable bonds is 5. The second-order valence-electron chi connectivity index (χ2n) is 7.53. The van der Waals surface area contributed by atoms with Gasteiger partial charge in [-0.1, -0.05) is 41.9 Å². The third-order valence-electron chi connectivity index (χ3n) is 5.69. The van der Waals surface area contributed by atoms with E-state index in [2.05, 4.69) is 32.1 Å². The summed E-state index contributed by atoms with van der Waals surface area (Å²) in [6.45, 7) is 4.50. The maximum atomic E-state index is 6.27. The summed E-state index contributed by atoms with van der Waals surface area (Å²) in [5.41, 5.74) is 7.45. The fraction of sp³-hybridized carbons (Fsp3) is 0.600. The molecule has 140 valence electrons.